The monoisotopic (exact) mass is 394 g/mol. The Balaban J connectivity index is 1.42. The van der Waals surface area contributed by atoms with E-state index < -0.39 is 0 Å². The van der Waals surface area contributed by atoms with Crippen LogP contribution in [0.5, 0.6) is 0 Å². The smallest absolute Gasteiger partial charge is 0.134 e. The number of benzene rings is 1. The molecule has 0 amide bonds. The second-order valence-electron chi connectivity index (χ2n) is 6.77. The number of nitrogens with zero attached hydrogens (tertiary/aromatic N) is 5. The Morgan fingerprint density at radius 2 is 1.64 bits per heavy atom. The molecule has 28 heavy (non-hydrogen) atoms. The molecule has 1 aliphatic rings. The first-order valence-electron chi connectivity index (χ1n) is 9.43. The summed E-state index contributed by atoms with van der Waals surface area (Å²) in [6.07, 6.45) is 1.84. The molecule has 0 aliphatic carbocycles. The van der Waals surface area contributed by atoms with Gasteiger partial charge in [-0.2, -0.15) is 0 Å². The van der Waals surface area contributed by atoms with Gasteiger partial charge in [0, 0.05) is 50.0 Å². The number of nitrogens with one attached hydrogen (secondary N) is 1. The minimum absolute atomic E-state index is 0.628. The average Bonchev–Trinajstić information content (AvgIpc) is 2.74. The van der Waals surface area contributed by atoms with E-state index in [0.29, 0.717) is 6.54 Å². The quantitative estimate of drug-likeness (QED) is 0.710. The van der Waals surface area contributed by atoms with Crippen molar-refractivity contribution in [3.63, 3.8) is 0 Å². The van der Waals surface area contributed by atoms with Gasteiger partial charge in [0.25, 0.3) is 0 Å². The van der Waals surface area contributed by atoms with Crippen LogP contribution in [0.15, 0.2) is 54.7 Å². The van der Waals surface area contributed by atoms with Gasteiger partial charge in [-0.1, -0.05) is 35.9 Å². The lowest BCUT2D eigenvalue weighted by Crippen LogP contribution is -2.47. The summed E-state index contributed by atoms with van der Waals surface area (Å²) in [5.41, 5.74) is 1.05. The van der Waals surface area contributed by atoms with Gasteiger partial charge in [0.05, 0.1) is 0 Å². The van der Waals surface area contributed by atoms with Gasteiger partial charge in [-0.15, -0.1) is 0 Å². The first kappa shape index (κ1) is 18.5. The highest BCUT2D eigenvalue weighted by Crippen LogP contribution is 2.21. The van der Waals surface area contributed by atoms with E-state index in [4.69, 9.17) is 11.6 Å². The van der Waals surface area contributed by atoms with Crippen LogP contribution in [0.2, 0.25) is 5.02 Å². The van der Waals surface area contributed by atoms with Crippen molar-refractivity contribution in [3.8, 4) is 0 Å². The van der Waals surface area contributed by atoms with E-state index in [1.807, 2.05) is 55.6 Å². The summed E-state index contributed by atoms with van der Waals surface area (Å²) in [7, 11) is 0. The van der Waals surface area contributed by atoms with E-state index in [9.17, 15) is 0 Å². The number of aromatic nitrogens is 3. The van der Waals surface area contributed by atoms with E-state index in [1.54, 1.807) is 0 Å². The maximum atomic E-state index is 6.25. The summed E-state index contributed by atoms with van der Waals surface area (Å²) in [6.45, 7) is 6.19. The van der Waals surface area contributed by atoms with E-state index >= 15 is 0 Å². The molecular formula is C21H23ClN6. The van der Waals surface area contributed by atoms with Crippen molar-refractivity contribution >= 4 is 29.1 Å². The van der Waals surface area contributed by atoms with E-state index in [1.165, 1.54) is 0 Å². The first-order chi connectivity index (χ1) is 13.7. The summed E-state index contributed by atoms with van der Waals surface area (Å²) >= 11 is 6.25. The van der Waals surface area contributed by atoms with Crippen LogP contribution in [-0.4, -0.2) is 41.1 Å². The predicted octanol–water partition coefficient (Wildman–Crippen LogP) is 3.77. The van der Waals surface area contributed by atoms with Gasteiger partial charge >= 0.3 is 0 Å². The molecule has 1 fully saturated rings. The largest absolute Gasteiger partial charge is 0.366 e. The lowest BCUT2D eigenvalue weighted by molar-refractivity contribution is 0.640. The highest BCUT2D eigenvalue weighted by molar-refractivity contribution is 6.31. The van der Waals surface area contributed by atoms with E-state index in [-0.39, 0.29) is 0 Å². The number of anilines is 3. The number of hydrogen-bond acceptors (Lipinski definition) is 6. The normalized spacial score (nSPS) is 14.2. The summed E-state index contributed by atoms with van der Waals surface area (Å²) in [5.74, 6) is 3.55. The minimum Gasteiger partial charge on any atom is -0.366 e. The Morgan fingerprint density at radius 3 is 2.36 bits per heavy atom. The fraction of sp³-hybridized carbons (Fsp3) is 0.286. The number of aryl methyl sites for hydroxylation is 1. The Labute approximate surface area is 170 Å². The lowest BCUT2D eigenvalue weighted by atomic mass is 10.2. The molecule has 1 aromatic carbocycles. The van der Waals surface area contributed by atoms with Crippen molar-refractivity contribution < 1.29 is 0 Å². The molecule has 1 N–H and O–H groups in total. The fourth-order valence-corrected chi connectivity index (χ4v) is 3.54. The molecule has 0 atom stereocenters. The molecule has 4 rings (SSSR count). The Kier molecular flexibility index (Phi) is 5.58. The zero-order chi connectivity index (χ0) is 19.3. The molecule has 3 heterocycles. The van der Waals surface area contributed by atoms with Gasteiger partial charge < -0.3 is 15.1 Å². The molecule has 0 spiro atoms. The van der Waals surface area contributed by atoms with Crippen molar-refractivity contribution in [1.82, 2.24) is 15.0 Å². The minimum atomic E-state index is 0.628. The number of hydrogen-bond donors (Lipinski definition) is 1. The molecule has 1 saturated heterocycles. The van der Waals surface area contributed by atoms with Crippen molar-refractivity contribution in [1.29, 1.82) is 0 Å². The second kappa shape index (κ2) is 8.44. The third-order valence-electron chi connectivity index (χ3n) is 4.82. The number of rotatable bonds is 5. The zero-order valence-corrected chi connectivity index (χ0v) is 16.6. The molecule has 1 aliphatic heterocycles. The summed E-state index contributed by atoms with van der Waals surface area (Å²) in [4.78, 5) is 18.2. The second-order valence-corrected chi connectivity index (χ2v) is 7.17. The molecule has 0 bridgehead atoms. The standard InChI is InChI=1S/C21H23ClN6/c1-16-25-19(24-15-17-6-2-3-7-18(17)22)14-21(26-16)28-12-10-27(11-13-28)20-8-4-5-9-23-20/h2-9,14H,10-13,15H2,1H3,(H,24,25,26). The Hall–Kier alpha value is -2.86. The van der Waals surface area contributed by atoms with E-state index in [2.05, 4.69) is 36.1 Å². The van der Waals surface area contributed by atoms with Gasteiger partial charge in [-0.05, 0) is 30.7 Å². The number of pyridine rings is 1. The molecule has 144 valence electrons. The van der Waals surface area contributed by atoms with Gasteiger partial charge in [0.2, 0.25) is 0 Å². The van der Waals surface area contributed by atoms with Crippen molar-refractivity contribution in [2.75, 3.05) is 41.3 Å². The summed E-state index contributed by atoms with van der Waals surface area (Å²) < 4.78 is 0. The molecule has 0 radical (unpaired) electrons. The molecule has 6 nitrogen and oxygen atoms in total. The SMILES string of the molecule is Cc1nc(NCc2ccccc2Cl)cc(N2CCN(c3ccccn3)CC2)n1. The van der Waals surface area contributed by atoms with E-state index in [0.717, 1.165) is 60.0 Å². The van der Waals surface area contributed by atoms with Crippen LogP contribution in [-0.2, 0) is 6.54 Å². The highest BCUT2D eigenvalue weighted by atomic mass is 35.5. The van der Waals surface area contributed by atoms with Crippen molar-refractivity contribution in [2.24, 2.45) is 0 Å². The van der Waals surface area contributed by atoms with Crippen molar-refractivity contribution in [2.45, 2.75) is 13.5 Å². The third-order valence-corrected chi connectivity index (χ3v) is 5.19. The van der Waals surface area contributed by atoms with Crippen LogP contribution >= 0.6 is 11.6 Å². The topological polar surface area (TPSA) is 57.2 Å². The number of halogens is 1. The fourth-order valence-electron chi connectivity index (χ4n) is 3.34. The van der Waals surface area contributed by atoms with Crippen LogP contribution in [0.1, 0.15) is 11.4 Å². The Bertz CT molecular complexity index is 925. The van der Waals surface area contributed by atoms with Crippen LogP contribution < -0.4 is 15.1 Å². The van der Waals surface area contributed by atoms with Crippen LogP contribution in [0.4, 0.5) is 17.5 Å². The molecular weight excluding hydrogens is 372 g/mol. The van der Waals surface area contributed by atoms with Gasteiger partial charge in [-0.25, -0.2) is 15.0 Å². The molecule has 7 heteroatoms. The van der Waals surface area contributed by atoms with Gasteiger partial charge in [0.1, 0.15) is 23.3 Å². The molecule has 3 aromatic rings. The highest BCUT2D eigenvalue weighted by Gasteiger charge is 2.19. The Morgan fingerprint density at radius 1 is 0.929 bits per heavy atom. The van der Waals surface area contributed by atoms with Gasteiger partial charge in [-0.3, -0.25) is 0 Å². The summed E-state index contributed by atoms with van der Waals surface area (Å²) in [5, 5.41) is 4.13. The van der Waals surface area contributed by atoms with Gasteiger partial charge in [0.15, 0.2) is 0 Å². The predicted molar refractivity (Wildman–Crippen MR) is 114 cm³/mol. The molecule has 0 saturated carbocycles. The molecule has 2 aromatic heterocycles. The first-order valence-corrected chi connectivity index (χ1v) is 9.81. The maximum Gasteiger partial charge on any atom is 0.134 e. The zero-order valence-electron chi connectivity index (χ0n) is 15.8. The van der Waals surface area contributed by atoms with Crippen LogP contribution in [0.25, 0.3) is 0 Å². The van der Waals surface area contributed by atoms with Crippen LogP contribution in [0.3, 0.4) is 0 Å². The summed E-state index contributed by atoms with van der Waals surface area (Å²) in [6, 6.07) is 15.9. The van der Waals surface area contributed by atoms with Crippen molar-refractivity contribution in [3.05, 3.63) is 71.1 Å². The lowest BCUT2D eigenvalue weighted by Gasteiger charge is -2.36. The maximum absolute atomic E-state index is 6.25. The van der Waals surface area contributed by atoms with Crippen LogP contribution in [0, 0.1) is 6.92 Å². The molecule has 0 unspecified atom stereocenters. The third kappa shape index (κ3) is 4.34. The number of piperazine rings is 1. The average molecular weight is 395 g/mol.